The van der Waals surface area contributed by atoms with Crippen molar-refractivity contribution in [2.75, 3.05) is 12.3 Å². The summed E-state index contributed by atoms with van der Waals surface area (Å²) in [5.41, 5.74) is -0.154. The second-order valence-electron chi connectivity index (χ2n) is 5.06. The lowest BCUT2D eigenvalue weighted by atomic mass is 9.80. The summed E-state index contributed by atoms with van der Waals surface area (Å²) < 4.78 is 26.2. The van der Waals surface area contributed by atoms with Gasteiger partial charge in [0.1, 0.15) is 0 Å². The van der Waals surface area contributed by atoms with Gasteiger partial charge in [0, 0.05) is 18.1 Å². The molecule has 0 aromatic heterocycles. The minimum atomic E-state index is -3.08. The fourth-order valence-electron chi connectivity index (χ4n) is 1.92. The van der Waals surface area contributed by atoms with Crippen molar-refractivity contribution < 1.29 is 8.42 Å². The first kappa shape index (κ1) is 11.4. The Hall–Kier alpha value is -0.130. The summed E-state index contributed by atoms with van der Waals surface area (Å²) in [5.74, 6) is 0.207. The molecule has 0 aromatic rings. The predicted molar refractivity (Wildman–Crippen MR) is 60.2 cm³/mol. The normalized spacial score (nSPS) is 24.9. The monoisotopic (exact) mass is 232 g/mol. The van der Waals surface area contributed by atoms with Gasteiger partial charge < -0.3 is 5.32 Å². The topological polar surface area (TPSA) is 58.2 Å². The quantitative estimate of drug-likeness (QED) is 0.705. The summed E-state index contributed by atoms with van der Waals surface area (Å²) in [4.78, 5) is 0. The zero-order valence-corrected chi connectivity index (χ0v) is 10.1. The maximum Gasteiger partial charge on any atom is 0.213 e. The smallest absolute Gasteiger partial charge is 0.213 e. The molecule has 2 saturated carbocycles. The fourth-order valence-corrected chi connectivity index (χ4v) is 3.36. The lowest BCUT2D eigenvalue weighted by Crippen LogP contribution is -2.52. The van der Waals surface area contributed by atoms with Crippen molar-refractivity contribution in [3.63, 3.8) is 0 Å². The van der Waals surface area contributed by atoms with Gasteiger partial charge in [0.05, 0.1) is 5.75 Å². The molecule has 2 N–H and O–H groups in total. The minimum absolute atomic E-state index is 0.154. The van der Waals surface area contributed by atoms with Crippen LogP contribution in [0.15, 0.2) is 0 Å². The molecule has 5 heteroatoms. The summed E-state index contributed by atoms with van der Waals surface area (Å²) in [6, 6.07) is 0.583. The average molecular weight is 232 g/mol. The van der Waals surface area contributed by atoms with E-state index in [0.717, 1.165) is 19.3 Å². The Bertz CT molecular complexity index is 318. The predicted octanol–water partition coefficient (Wildman–Crippen LogP) is 0.600. The highest BCUT2D eigenvalue weighted by atomic mass is 32.2. The Balaban J connectivity index is 1.72. The van der Waals surface area contributed by atoms with Crippen LogP contribution in [0.25, 0.3) is 0 Å². The van der Waals surface area contributed by atoms with Crippen LogP contribution in [0, 0.1) is 0 Å². The zero-order valence-electron chi connectivity index (χ0n) is 9.25. The van der Waals surface area contributed by atoms with E-state index >= 15 is 0 Å². The molecular weight excluding hydrogens is 212 g/mol. The molecule has 0 aromatic carbocycles. The lowest BCUT2D eigenvalue weighted by Gasteiger charge is -2.38. The Morgan fingerprint density at radius 3 is 2.47 bits per heavy atom. The van der Waals surface area contributed by atoms with Crippen molar-refractivity contribution in [1.82, 2.24) is 10.0 Å². The zero-order chi connectivity index (χ0) is 10.9. The largest absolute Gasteiger partial charge is 0.313 e. The van der Waals surface area contributed by atoms with Gasteiger partial charge in [-0.25, -0.2) is 13.1 Å². The molecule has 0 heterocycles. The third kappa shape index (κ3) is 3.43. The van der Waals surface area contributed by atoms with Crippen molar-refractivity contribution in [3.05, 3.63) is 0 Å². The maximum absolute atomic E-state index is 11.7. The molecule has 2 aliphatic rings. The number of rotatable bonds is 6. The molecule has 88 valence electrons. The summed E-state index contributed by atoms with van der Waals surface area (Å²) in [6.45, 7) is 2.57. The van der Waals surface area contributed by atoms with Crippen LogP contribution in [-0.4, -0.2) is 32.3 Å². The van der Waals surface area contributed by atoms with E-state index in [9.17, 15) is 8.42 Å². The van der Waals surface area contributed by atoms with E-state index in [1.165, 1.54) is 12.8 Å². The summed E-state index contributed by atoms with van der Waals surface area (Å²) in [5, 5.41) is 3.22. The standard InChI is InChI=1S/C10H20N2O2S/c1-10(5-2-6-10)12-15(13,14)8-7-11-9-3-4-9/h9,11-12H,2-8H2,1H3. The molecule has 0 aliphatic heterocycles. The SMILES string of the molecule is CC1(NS(=O)(=O)CCNC2CC2)CCC1. The first-order chi connectivity index (χ1) is 6.99. The fraction of sp³-hybridized carbons (Fsp3) is 1.00. The van der Waals surface area contributed by atoms with Gasteiger partial charge in [0.2, 0.25) is 10.0 Å². The molecule has 0 unspecified atom stereocenters. The highest BCUT2D eigenvalue weighted by molar-refractivity contribution is 7.89. The molecule has 4 nitrogen and oxygen atoms in total. The van der Waals surface area contributed by atoms with Gasteiger partial charge in [0.25, 0.3) is 0 Å². The van der Waals surface area contributed by atoms with Crippen LogP contribution >= 0.6 is 0 Å². The lowest BCUT2D eigenvalue weighted by molar-refractivity contribution is 0.248. The van der Waals surface area contributed by atoms with E-state index in [1.807, 2.05) is 6.92 Å². The summed E-state index contributed by atoms with van der Waals surface area (Å²) in [7, 11) is -3.08. The molecule has 2 aliphatic carbocycles. The van der Waals surface area contributed by atoms with Gasteiger partial charge in [-0.2, -0.15) is 0 Å². The van der Waals surface area contributed by atoms with Gasteiger partial charge in [-0.05, 0) is 39.0 Å². The van der Waals surface area contributed by atoms with E-state index in [0.29, 0.717) is 12.6 Å². The molecule has 0 spiro atoms. The minimum Gasteiger partial charge on any atom is -0.313 e. The number of hydrogen-bond donors (Lipinski definition) is 2. The first-order valence-electron chi connectivity index (χ1n) is 5.74. The van der Waals surface area contributed by atoms with Gasteiger partial charge in [0.15, 0.2) is 0 Å². The molecule has 0 atom stereocenters. The molecule has 0 saturated heterocycles. The number of sulfonamides is 1. The van der Waals surface area contributed by atoms with Crippen LogP contribution in [0.3, 0.4) is 0 Å². The average Bonchev–Trinajstić information content (AvgIpc) is 2.84. The van der Waals surface area contributed by atoms with Crippen LogP contribution in [-0.2, 0) is 10.0 Å². The Morgan fingerprint density at radius 1 is 1.33 bits per heavy atom. The highest BCUT2D eigenvalue weighted by Gasteiger charge is 2.35. The van der Waals surface area contributed by atoms with Crippen molar-refractivity contribution >= 4 is 10.0 Å². The highest BCUT2D eigenvalue weighted by Crippen LogP contribution is 2.31. The van der Waals surface area contributed by atoms with Crippen molar-refractivity contribution in [2.45, 2.75) is 50.6 Å². The van der Waals surface area contributed by atoms with Crippen LogP contribution in [0.4, 0.5) is 0 Å². The van der Waals surface area contributed by atoms with E-state index < -0.39 is 10.0 Å². The molecule has 15 heavy (non-hydrogen) atoms. The van der Waals surface area contributed by atoms with Crippen molar-refractivity contribution in [3.8, 4) is 0 Å². The molecular formula is C10H20N2O2S. The van der Waals surface area contributed by atoms with Gasteiger partial charge in [-0.3, -0.25) is 0 Å². The third-order valence-corrected chi connectivity index (χ3v) is 4.79. The van der Waals surface area contributed by atoms with Crippen molar-refractivity contribution in [1.29, 1.82) is 0 Å². The van der Waals surface area contributed by atoms with E-state index in [2.05, 4.69) is 10.0 Å². The van der Waals surface area contributed by atoms with Gasteiger partial charge >= 0.3 is 0 Å². The Labute approximate surface area is 91.9 Å². The number of nitrogens with one attached hydrogen (secondary N) is 2. The van der Waals surface area contributed by atoms with Crippen LogP contribution < -0.4 is 10.0 Å². The first-order valence-corrected chi connectivity index (χ1v) is 7.39. The molecule has 0 amide bonds. The molecule has 0 radical (unpaired) electrons. The summed E-state index contributed by atoms with van der Waals surface area (Å²) >= 11 is 0. The second kappa shape index (κ2) is 4.03. The van der Waals surface area contributed by atoms with E-state index in [1.54, 1.807) is 0 Å². The Morgan fingerprint density at radius 2 is 2.00 bits per heavy atom. The molecule has 2 fully saturated rings. The molecule has 0 bridgehead atoms. The second-order valence-corrected chi connectivity index (χ2v) is 6.91. The number of hydrogen-bond acceptors (Lipinski definition) is 3. The molecule has 2 rings (SSSR count). The van der Waals surface area contributed by atoms with Crippen molar-refractivity contribution in [2.24, 2.45) is 0 Å². The summed E-state index contributed by atoms with van der Waals surface area (Å²) in [6.07, 6.45) is 5.49. The van der Waals surface area contributed by atoms with Crippen LogP contribution in [0.1, 0.15) is 39.0 Å². The third-order valence-electron chi connectivity index (χ3n) is 3.24. The van der Waals surface area contributed by atoms with Crippen LogP contribution in [0.5, 0.6) is 0 Å². The Kier molecular flexibility index (Phi) is 3.05. The van der Waals surface area contributed by atoms with Crippen LogP contribution in [0.2, 0.25) is 0 Å². The van der Waals surface area contributed by atoms with Gasteiger partial charge in [-0.1, -0.05) is 0 Å². The van der Waals surface area contributed by atoms with E-state index in [-0.39, 0.29) is 11.3 Å². The maximum atomic E-state index is 11.7. The van der Waals surface area contributed by atoms with Gasteiger partial charge in [-0.15, -0.1) is 0 Å². The van der Waals surface area contributed by atoms with E-state index in [4.69, 9.17) is 0 Å².